The highest BCUT2D eigenvalue weighted by Gasteiger charge is 2.26. The molecule has 2 rings (SSSR count). The highest BCUT2D eigenvalue weighted by Crippen LogP contribution is 2.26. The van der Waals surface area contributed by atoms with Gasteiger partial charge < -0.3 is 15.4 Å². The number of hydrogen-bond donors (Lipinski definition) is 1. The molecule has 1 aliphatic rings. The molecule has 1 heterocycles. The summed E-state index contributed by atoms with van der Waals surface area (Å²) in [5.41, 5.74) is 7.08. The molecule has 0 saturated heterocycles. The first-order valence-corrected chi connectivity index (χ1v) is 8.13. The number of aromatic nitrogens is 1. The Hall–Kier alpha value is -1.17. The molecule has 0 radical (unpaired) electrons. The summed E-state index contributed by atoms with van der Waals surface area (Å²) in [6.07, 6.45) is 6.77. The zero-order chi connectivity index (χ0) is 15.8. The fraction of sp³-hybridized carbons (Fsp3) is 0.647. The van der Waals surface area contributed by atoms with E-state index in [1.807, 2.05) is 23.1 Å². The van der Waals surface area contributed by atoms with Gasteiger partial charge in [0.15, 0.2) is 0 Å². The number of carbonyl (C=O) groups excluding carboxylic acids is 1. The minimum atomic E-state index is 0. The fourth-order valence-corrected chi connectivity index (χ4v) is 3.02. The van der Waals surface area contributed by atoms with Crippen molar-refractivity contribution in [1.29, 1.82) is 0 Å². The summed E-state index contributed by atoms with van der Waals surface area (Å²) in [6, 6.07) is 5.93. The highest BCUT2D eigenvalue weighted by atomic mass is 35.5. The van der Waals surface area contributed by atoms with Crippen molar-refractivity contribution in [3.8, 4) is 0 Å². The minimum Gasteiger partial charge on any atom is -0.383 e. The number of pyridine rings is 1. The van der Waals surface area contributed by atoms with Gasteiger partial charge in [0.05, 0.1) is 18.8 Å². The molecule has 1 aliphatic carbocycles. The lowest BCUT2D eigenvalue weighted by molar-refractivity contribution is -0.134. The lowest BCUT2D eigenvalue weighted by atomic mass is 9.82. The first-order chi connectivity index (χ1) is 10.7. The van der Waals surface area contributed by atoms with Gasteiger partial charge in [-0.2, -0.15) is 0 Å². The molecule has 1 aromatic rings. The van der Waals surface area contributed by atoms with Crippen LogP contribution in [-0.2, 0) is 16.1 Å². The van der Waals surface area contributed by atoms with Gasteiger partial charge in [-0.1, -0.05) is 18.9 Å². The van der Waals surface area contributed by atoms with Crippen molar-refractivity contribution in [2.75, 3.05) is 20.3 Å². The Bertz CT molecular complexity index is 458. The van der Waals surface area contributed by atoms with Gasteiger partial charge >= 0.3 is 0 Å². The first-order valence-electron chi connectivity index (χ1n) is 8.13. The van der Waals surface area contributed by atoms with Gasteiger partial charge in [0, 0.05) is 32.3 Å². The number of hydrogen-bond acceptors (Lipinski definition) is 4. The highest BCUT2D eigenvalue weighted by molar-refractivity contribution is 5.85. The predicted octanol–water partition coefficient (Wildman–Crippen LogP) is 2.39. The first kappa shape index (κ1) is 19.9. The lowest BCUT2D eigenvalue weighted by Gasteiger charge is -2.30. The molecule has 2 atom stereocenters. The Labute approximate surface area is 145 Å². The van der Waals surface area contributed by atoms with Crippen LogP contribution in [0.3, 0.4) is 0 Å². The summed E-state index contributed by atoms with van der Waals surface area (Å²) >= 11 is 0. The molecule has 0 bridgehead atoms. The molecule has 6 heteroatoms. The quantitative estimate of drug-likeness (QED) is 0.826. The molecule has 130 valence electrons. The molecule has 1 fully saturated rings. The number of methoxy groups -OCH3 is 1. The molecule has 2 unspecified atom stereocenters. The molecule has 0 spiro atoms. The predicted molar refractivity (Wildman–Crippen MR) is 93.3 cm³/mol. The number of halogens is 1. The third kappa shape index (κ3) is 6.45. The minimum absolute atomic E-state index is 0. The van der Waals surface area contributed by atoms with Crippen LogP contribution in [0.15, 0.2) is 24.4 Å². The van der Waals surface area contributed by atoms with Crippen molar-refractivity contribution < 1.29 is 9.53 Å². The maximum atomic E-state index is 12.7. The zero-order valence-corrected chi connectivity index (χ0v) is 14.6. The van der Waals surface area contributed by atoms with Crippen LogP contribution in [-0.4, -0.2) is 42.1 Å². The van der Waals surface area contributed by atoms with E-state index in [0.29, 0.717) is 32.0 Å². The summed E-state index contributed by atoms with van der Waals surface area (Å²) in [5.74, 6) is 0.472. The van der Waals surface area contributed by atoms with Crippen molar-refractivity contribution in [3.63, 3.8) is 0 Å². The molecular weight excluding hydrogens is 314 g/mol. The third-order valence-electron chi connectivity index (χ3n) is 4.40. The maximum Gasteiger partial charge on any atom is 0.223 e. The van der Waals surface area contributed by atoms with Gasteiger partial charge in [-0.3, -0.25) is 9.78 Å². The van der Waals surface area contributed by atoms with E-state index >= 15 is 0 Å². The van der Waals surface area contributed by atoms with E-state index in [2.05, 4.69) is 4.98 Å². The van der Waals surface area contributed by atoms with E-state index in [1.54, 1.807) is 13.3 Å². The molecular formula is C17H28ClN3O2. The van der Waals surface area contributed by atoms with E-state index in [9.17, 15) is 4.79 Å². The topological polar surface area (TPSA) is 68.5 Å². The molecule has 1 aromatic heterocycles. The second kappa shape index (κ2) is 10.6. The number of ether oxygens (including phenoxy) is 1. The molecule has 0 aliphatic heterocycles. The Morgan fingerprint density at radius 3 is 2.83 bits per heavy atom. The second-order valence-corrected chi connectivity index (χ2v) is 6.04. The van der Waals surface area contributed by atoms with Crippen molar-refractivity contribution in [1.82, 2.24) is 9.88 Å². The van der Waals surface area contributed by atoms with E-state index in [1.165, 1.54) is 12.8 Å². The van der Waals surface area contributed by atoms with Gasteiger partial charge in [0.1, 0.15) is 0 Å². The van der Waals surface area contributed by atoms with E-state index in [-0.39, 0.29) is 24.4 Å². The van der Waals surface area contributed by atoms with Crippen LogP contribution in [0.4, 0.5) is 0 Å². The summed E-state index contributed by atoms with van der Waals surface area (Å²) in [6.45, 7) is 1.66. The van der Waals surface area contributed by atoms with Crippen LogP contribution in [0.5, 0.6) is 0 Å². The maximum absolute atomic E-state index is 12.7. The molecule has 23 heavy (non-hydrogen) atoms. The van der Waals surface area contributed by atoms with Crippen LogP contribution in [0, 0.1) is 5.92 Å². The fourth-order valence-electron chi connectivity index (χ4n) is 3.02. The number of nitrogens with two attached hydrogens (primary N) is 1. The van der Waals surface area contributed by atoms with Crippen LogP contribution in [0.1, 0.15) is 37.8 Å². The summed E-state index contributed by atoms with van der Waals surface area (Å²) in [4.78, 5) is 18.8. The average molecular weight is 342 g/mol. The summed E-state index contributed by atoms with van der Waals surface area (Å²) in [5, 5.41) is 0. The SMILES string of the molecule is COCCN(Cc1ccccn1)C(=O)CC1CCCCC1N.Cl. The van der Waals surface area contributed by atoms with Gasteiger partial charge in [-0.05, 0) is 30.9 Å². The number of rotatable bonds is 7. The summed E-state index contributed by atoms with van der Waals surface area (Å²) < 4.78 is 5.13. The zero-order valence-electron chi connectivity index (χ0n) is 13.8. The molecule has 1 amide bonds. The number of amides is 1. The third-order valence-corrected chi connectivity index (χ3v) is 4.40. The normalized spacial score (nSPS) is 20.6. The Balaban J connectivity index is 0.00000264. The molecule has 5 nitrogen and oxygen atoms in total. The molecule has 1 saturated carbocycles. The van der Waals surface area contributed by atoms with Crippen molar-refractivity contribution >= 4 is 18.3 Å². The van der Waals surface area contributed by atoms with Crippen LogP contribution in [0.2, 0.25) is 0 Å². The lowest BCUT2D eigenvalue weighted by Crippen LogP contribution is -2.39. The van der Waals surface area contributed by atoms with E-state index in [4.69, 9.17) is 10.5 Å². The van der Waals surface area contributed by atoms with Crippen LogP contribution < -0.4 is 5.73 Å². The van der Waals surface area contributed by atoms with Crippen LogP contribution >= 0.6 is 12.4 Å². The summed E-state index contributed by atoms with van der Waals surface area (Å²) in [7, 11) is 1.65. The van der Waals surface area contributed by atoms with Gasteiger partial charge in [-0.15, -0.1) is 12.4 Å². The van der Waals surface area contributed by atoms with Crippen LogP contribution in [0.25, 0.3) is 0 Å². The van der Waals surface area contributed by atoms with Crippen molar-refractivity contribution in [3.05, 3.63) is 30.1 Å². The Morgan fingerprint density at radius 2 is 2.17 bits per heavy atom. The second-order valence-electron chi connectivity index (χ2n) is 6.04. The number of nitrogens with zero attached hydrogens (tertiary/aromatic N) is 2. The smallest absolute Gasteiger partial charge is 0.223 e. The number of carbonyl (C=O) groups is 1. The van der Waals surface area contributed by atoms with Gasteiger partial charge in [0.2, 0.25) is 5.91 Å². The van der Waals surface area contributed by atoms with Gasteiger partial charge in [0.25, 0.3) is 0 Å². The van der Waals surface area contributed by atoms with Crippen molar-refractivity contribution in [2.24, 2.45) is 11.7 Å². The standard InChI is InChI=1S/C17H27N3O2.ClH/c1-22-11-10-20(13-15-7-4-5-9-19-15)17(21)12-14-6-2-3-8-16(14)18;/h4-5,7,9,14,16H,2-3,6,8,10-13,18H2,1H3;1H. The van der Waals surface area contributed by atoms with E-state index < -0.39 is 0 Å². The van der Waals surface area contributed by atoms with Crippen molar-refractivity contribution in [2.45, 2.75) is 44.7 Å². The van der Waals surface area contributed by atoms with Gasteiger partial charge in [-0.25, -0.2) is 0 Å². The molecule has 0 aromatic carbocycles. The average Bonchev–Trinajstić information content (AvgIpc) is 2.54. The monoisotopic (exact) mass is 341 g/mol. The Morgan fingerprint density at radius 1 is 1.39 bits per heavy atom. The largest absolute Gasteiger partial charge is 0.383 e. The molecule has 2 N–H and O–H groups in total. The van der Waals surface area contributed by atoms with E-state index in [0.717, 1.165) is 18.5 Å². The Kier molecular flexibility index (Phi) is 9.14.